The predicted octanol–water partition coefficient (Wildman–Crippen LogP) is 2.39. The Hall–Kier alpha value is -2.07. The lowest BCUT2D eigenvalue weighted by Crippen LogP contribution is -2.08. The van der Waals surface area contributed by atoms with Crippen LogP contribution >= 0.6 is 0 Å². The first kappa shape index (κ1) is 13.4. The van der Waals surface area contributed by atoms with Crippen molar-refractivity contribution in [3.05, 3.63) is 53.9 Å². The molecule has 0 fully saturated rings. The second-order valence-electron chi connectivity index (χ2n) is 4.15. The normalized spacial score (nSPS) is 10.2. The number of aromatic nitrogens is 1. The average Bonchev–Trinajstić information content (AvgIpc) is 2.47. The van der Waals surface area contributed by atoms with Crippen LogP contribution in [0.1, 0.15) is 11.1 Å². The van der Waals surface area contributed by atoms with Gasteiger partial charge in [0, 0.05) is 30.1 Å². The van der Waals surface area contributed by atoms with Crippen LogP contribution in [0.25, 0.3) is 0 Å². The lowest BCUT2D eigenvalue weighted by Gasteiger charge is -2.12. The fraction of sp³-hybridized carbons (Fsp3) is 0.267. The Labute approximate surface area is 113 Å². The summed E-state index contributed by atoms with van der Waals surface area (Å²) in [4.78, 5) is 4.07. The summed E-state index contributed by atoms with van der Waals surface area (Å²) in [5.74, 6) is 1.69. The number of benzene rings is 1. The van der Waals surface area contributed by atoms with Crippen LogP contribution in [0, 0.1) is 0 Å². The molecule has 0 radical (unpaired) electrons. The first-order valence-electron chi connectivity index (χ1n) is 6.16. The molecule has 1 heterocycles. The van der Waals surface area contributed by atoms with Crippen molar-refractivity contribution in [1.82, 2.24) is 10.3 Å². The highest BCUT2D eigenvalue weighted by Crippen LogP contribution is 2.24. The van der Waals surface area contributed by atoms with E-state index in [4.69, 9.17) is 9.47 Å². The van der Waals surface area contributed by atoms with Gasteiger partial charge in [-0.3, -0.25) is 4.98 Å². The molecule has 2 aromatic rings. The summed E-state index contributed by atoms with van der Waals surface area (Å²) in [6, 6.07) is 9.71. The minimum absolute atomic E-state index is 0.511. The number of nitrogens with one attached hydrogen (secondary N) is 1. The third kappa shape index (κ3) is 3.69. The Balaban J connectivity index is 2.10. The SMILES string of the molecule is CNCc1cc(OC)ccc1OCc1cccnc1. The molecule has 1 N–H and O–H groups in total. The van der Waals surface area contributed by atoms with E-state index < -0.39 is 0 Å². The van der Waals surface area contributed by atoms with Crippen LogP contribution < -0.4 is 14.8 Å². The standard InChI is InChI=1S/C15H18N2O2/c1-16-10-13-8-14(18-2)5-6-15(13)19-11-12-4-3-7-17-9-12/h3-9,16H,10-11H2,1-2H3. The smallest absolute Gasteiger partial charge is 0.124 e. The van der Waals surface area contributed by atoms with E-state index in [1.807, 2.05) is 37.4 Å². The van der Waals surface area contributed by atoms with Crippen molar-refractivity contribution in [2.75, 3.05) is 14.2 Å². The van der Waals surface area contributed by atoms with Crippen molar-refractivity contribution in [2.24, 2.45) is 0 Å². The zero-order valence-corrected chi connectivity index (χ0v) is 11.2. The fourth-order valence-corrected chi connectivity index (χ4v) is 1.80. The van der Waals surface area contributed by atoms with Crippen molar-refractivity contribution in [3.8, 4) is 11.5 Å². The number of methoxy groups -OCH3 is 1. The van der Waals surface area contributed by atoms with Gasteiger partial charge in [0.1, 0.15) is 18.1 Å². The van der Waals surface area contributed by atoms with Gasteiger partial charge in [-0.25, -0.2) is 0 Å². The van der Waals surface area contributed by atoms with Gasteiger partial charge in [0.2, 0.25) is 0 Å². The number of hydrogen-bond acceptors (Lipinski definition) is 4. The van der Waals surface area contributed by atoms with Gasteiger partial charge in [0.15, 0.2) is 0 Å². The van der Waals surface area contributed by atoms with E-state index >= 15 is 0 Å². The van der Waals surface area contributed by atoms with Crippen molar-refractivity contribution in [1.29, 1.82) is 0 Å². The zero-order valence-electron chi connectivity index (χ0n) is 11.2. The quantitative estimate of drug-likeness (QED) is 0.864. The maximum atomic E-state index is 5.84. The van der Waals surface area contributed by atoms with E-state index in [2.05, 4.69) is 10.3 Å². The Morgan fingerprint density at radius 1 is 1.26 bits per heavy atom. The minimum Gasteiger partial charge on any atom is -0.497 e. The molecular formula is C15H18N2O2. The van der Waals surface area contributed by atoms with Crippen molar-refractivity contribution >= 4 is 0 Å². The van der Waals surface area contributed by atoms with E-state index in [0.717, 1.165) is 29.2 Å². The highest BCUT2D eigenvalue weighted by molar-refractivity contribution is 5.40. The summed E-state index contributed by atoms with van der Waals surface area (Å²) in [7, 11) is 3.57. The molecule has 100 valence electrons. The molecule has 0 saturated heterocycles. The second kappa shape index (κ2) is 6.75. The van der Waals surface area contributed by atoms with Crippen LogP contribution in [0.2, 0.25) is 0 Å². The molecule has 0 aliphatic rings. The summed E-state index contributed by atoms with van der Waals surface area (Å²) in [5.41, 5.74) is 2.12. The number of rotatable bonds is 6. The monoisotopic (exact) mass is 258 g/mol. The van der Waals surface area contributed by atoms with Gasteiger partial charge in [-0.2, -0.15) is 0 Å². The number of pyridine rings is 1. The fourth-order valence-electron chi connectivity index (χ4n) is 1.80. The van der Waals surface area contributed by atoms with Crippen LogP contribution in [-0.4, -0.2) is 19.1 Å². The predicted molar refractivity (Wildman–Crippen MR) is 74.3 cm³/mol. The molecule has 2 rings (SSSR count). The summed E-state index contributed by atoms with van der Waals surface area (Å²) in [6.07, 6.45) is 3.56. The van der Waals surface area contributed by atoms with Crippen LogP contribution in [0.3, 0.4) is 0 Å². The van der Waals surface area contributed by atoms with Gasteiger partial charge < -0.3 is 14.8 Å². The van der Waals surface area contributed by atoms with Gasteiger partial charge >= 0.3 is 0 Å². The third-order valence-corrected chi connectivity index (χ3v) is 2.75. The van der Waals surface area contributed by atoms with Crippen molar-refractivity contribution in [2.45, 2.75) is 13.2 Å². The van der Waals surface area contributed by atoms with Gasteiger partial charge in [0.05, 0.1) is 7.11 Å². The molecule has 0 atom stereocenters. The molecule has 0 saturated carbocycles. The minimum atomic E-state index is 0.511. The highest BCUT2D eigenvalue weighted by atomic mass is 16.5. The Kier molecular flexibility index (Phi) is 4.75. The number of ether oxygens (including phenoxy) is 2. The lowest BCUT2D eigenvalue weighted by atomic mass is 10.2. The Morgan fingerprint density at radius 2 is 2.16 bits per heavy atom. The summed E-state index contributed by atoms with van der Waals surface area (Å²) < 4.78 is 11.1. The molecule has 0 bridgehead atoms. The number of nitrogens with zero attached hydrogens (tertiary/aromatic N) is 1. The molecule has 0 amide bonds. The van der Waals surface area contributed by atoms with Gasteiger partial charge in [-0.1, -0.05) is 6.07 Å². The maximum Gasteiger partial charge on any atom is 0.124 e. The molecule has 1 aromatic carbocycles. The van der Waals surface area contributed by atoms with Gasteiger partial charge in [0.25, 0.3) is 0 Å². The largest absolute Gasteiger partial charge is 0.497 e. The highest BCUT2D eigenvalue weighted by Gasteiger charge is 2.05. The molecule has 0 spiro atoms. The van der Waals surface area contributed by atoms with Crippen LogP contribution in [0.5, 0.6) is 11.5 Å². The van der Waals surface area contributed by atoms with Crippen molar-refractivity contribution < 1.29 is 9.47 Å². The van der Waals surface area contributed by atoms with E-state index in [1.165, 1.54) is 0 Å². The first-order chi connectivity index (χ1) is 9.33. The van der Waals surface area contributed by atoms with Crippen LogP contribution in [0.15, 0.2) is 42.7 Å². The van der Waals surface area contributed by atoms with Crippen LogP contribution in [-0.2, 0) is 13.2 Å². The molecule has 0 aliphatic heterocycles. The average molecular weight is 258 g/mol. The molecule has 4 heteroatoms. The van der Waals surface area contributed by atoms with Crippen molar-refractivity contribution in [3.63, 3.8) is 0 Å². The van der Waals surface area contributed by atoms with E-state index in [9.17, 15) is 0 Å². The Morgan fingerprint density at radius 3 is 2.84 bits per heavy atom. The molecule has 0 aliphatic carbocycles. The van der Waals surface area contributed by atoms with Crippen LogP contribution in [0.4, 0.5) is 0 Å². The second-order valence-corrected chi connectivity index (χ2v) is 4.15. The van der Waals surface area contributed by atoms with E-state index in [-0.39, 0.29) is 0 Å². The summed E-state index contributed by atoms with van der Waals surface area (Å²) in [5, 5.41) is 3.13. The third-order valence-electron chi connectivity index (χ3n) is 2.75. The molecule has 4 nitrogen and oxygen atoms in total. The van der Waals surface area contributed by atoms with Gasteiger partial charge in [-0.05, 0) is 31.3 Å². The van der Waals surface area contributed by atoms with E-state index in [1.54, 1.807) is 19.5 Å². The maximum absolute atomic E-state index is 5.84. The number of hydrogen-bond donors (Lipinski definition) is 1. The summed E-state index contributed by atoms with van der Waals surface area (Å²) >= 11 is 0. The lowest BCUT2D eigenvalue weighted by molar-refractivity contribution is 0.301. The topological polar surface area (TPSA) is 43.4 Å². The first-order valence-corrected chi connectivity index (χ1v) is 6.16. The summed E-state index contributed by atoms with van der Waals surface area (Å²) in [6.45, 7) is 1.25. The molecular weight excluding hydrogens is 240 g/mol. The zero-order chi connectivity index (χ0) is 13.5. The molecule has 0 unspecified atom stereocenters. The molecule has 19 heavy (non-hydrogen) atoms. The van der Waals surface area contributed by atoms with E-state index in [0.29, 0.717) is 6.61 Å². The molecule has 1 aromatic heterocycles. The van der Waals surface area contributed by atoms with Gasteiger partial charge in [-0.15, -0.1) is 0 Å². The Bertz CT molecular complexity index is 515.